The number of hydrogen-bond donors (Lipinski definition) is 2. The number of aliphatic hydroxyl groups excluding tert-OH is 1. The molecule has 2 N–H and O–H groups in total. The van der Waals surface area contributed by atoms with Crippen LogP contribution in [0.15, 0.2) is 42.5 Å². The molecule has 0 aliphatic heterocycles. The number of ether oxygens (including phenoxy) is 3. The Balaban J connectivity index is 2.66. The summed E-state index contributed by atoms with van der Waals surface area (Å²) in [5.74, 6) is -2.60. The Hall–Kier alpha value is -1.73. The highest BCUT2D eigenvalue weighted by Gasteiger charge is 2.34. The molecule has 0 aliphatic carbocycles. The van der Waals surface area contributed by atoms with E-state index >= 15 is 0 Å². The lowest BCUT2D eigenvalue weighted by Crippen LogP contribution is -2.37. The molecule has 0 heterocycles. The van der Waals surface area contributed by atoms with Crippen molar-refractivity contribution < 1.29 is 29.2 Å². The summed E-state index contributed by atoms with van der Waals surface area (Å²) in [6, 6.07) is 8.50. The highest BCUT2D eigenvalue weighted by atomic mass is 16.7. The van der Waals surface area contributed by atoms with Gasteiger partial charge in [-0.1, -0.05) is 36.9 Å². The average molecular weight is 310 g/mol. The third-order valence-electron chi connectivity index (χ3n) is 2.74. The molecule has 0 amide bonds. The second-order valence-corrected chi connectivity index (χ2v) is 4.71. The molecule has 0 aromatic heterocycles. The van der Waals surface area contributed by atoms with Gasteiger partial charge in [-0.2, -0.15) is 0 Å². The van der Waals surface area contributed by atoms with Gasteiger partial charge in [-0.3, -0.25) is 0 Å². The van der Waals surface area contributed by atoms with Crippen molar-refractivity contribution in [3.8, 4) is 0 Å². The van der Waals surface area contributed by atoms with Crippen molar-refractivity contribution in [3.63, 3.8) is 0 Å². The van der Waals surface area contributed by atoms with E-state index in [0.717, 1.165) is 0 Å². The van der Waals surface area contributed by atoms with Crippen molar-refractivity contribution in [1.29, 1.82) is 0 Å². The topological polar surface area (TPSA) is 85.2 Å². The summed E-state index contributed by atoms with van der Waals surface area (Å²) in [6.45, 7) is 5.36. The third kappa shape index (κ3) is 5.95. The molecule has 6 heteroatoms. The summed E-state index contributed by atoms with van der Waals surface area (Å²) in [6.07, 6.45) is 0. The van der Waals surface area contributed by atoms with E-state index in [1.54, 1.807) is 30.3 Å². The Bertz CT molecular complexity index is 473. The lowest BCUT2D eigenvalue weighted by molar-refractivity contribution is -0.233. The van der Waals surface area contributed by atoms with Gasteiger partial charge in [0.05, 0.1) is 26.4 Å². The van der Waals surface area contributed by atoms with Gasteiger partial charge < -0.3 is 24.4 Å². The maximum absolute atomic E-state index is 11.7. The van der Waals surface area contributed by atoms with Crippen LogP contribution < -0.4 is 0 Å². The summed E-state index contributed by atoms with van der Waals surface area (Å²) in [7, 11) is 0. The molecule has 1 aromatic carbocycles. The predicted molar refractivity (Wildman–Crippen MR) is 80.0 cm³/mol. The van der Waals surface area contributed by atoms with Crippen LogP contribution in [0.4, 0.5) is 0 Å². The smallest absolute Gasteiger partial charge is 0.335 e. The number of esters is 1. The molecule has 1 aromatic rings. The second kappa shape index (κ2) is 9.32. The van der Waals surface area contributed by atoms with Crippen LogP contribution in [0.5, 0.6) is 0 Å². The fraction of sp³-hybridized carbons (Fsp3) is 0.438. The molecule has 1 rings (SSSR count). The van der Waals surface area contributed by atoms with E-state index in [4.69, 9.17) is 19.3 Å². The van der Waals surface area contributed by atoms with Crippen molar-refractivity contribution in [2.24, 2.45) is 0 Å². The molecule has 1 unspecified atom stereocenters. The van der Waals surface area contributed by atoms with Gasteiger partial charge >= 0.3 is 5.97 Å². The van der Waals surface area contributed by atoms with Gasteiger partial charge in [0.2, 0.25) is 0 Å². The minimum atomic E-state index is -1.89. The summed E-state index contributed by atoms with van der Waals surface area (Å²) in [5, 5.41) is 19.2. The van der Waals surface area contributed by atoms with Crippen molar-refractivity contribution in [3.05, 3.63) is 48.0 Å². The quantitative estimate of drug-likeness (QED) is 0.290. The maximum atomic E-state index is 11.7. The number of carbonyl (C=O) groups is 1. The number of rotatable bonds is 10. The highest BCUT2D eigenvalue weighted by Crippen LogP contribution is 2.24. The minimum absolute atomic E-state index is 0.0653. The van der Waals surface area contributed by atoms with Gasteiger partial charge in [0.15, 0.2) is 0 Å². The van der Waals surface area contributed by atoms with E-state index < -0.39 is 11.8 Å². The number of aliphatic hydroxyl groups is 2. The zero-order valence-corrected chi connectivity index (χ0v) is 12.7. The van der Waals surface area contributed by atoms with E-state index in [-0.39, 0.29) is 38.6 Å². The van der Waals surface area contributed by atoms with Gasteiger partial charge in [-0.25, -0.2) is 4.79 Å². The summed E-state index contributed by atoms with van der Waals surface area (Å²) in [5.41, 5.74) is 0.585. The van der Waals surface area contributed by atoms with Gasteiger partial charge in [0.1, 0.15) is 6.61 Å². The zero-order valence-electron chi connectivity index (χ0n) is 12.7. The molecular weight excluding hydrogens is 288 g/mol. The Kier molecular flexibility index (Phi) is 7.76. The van der Waals surface area contributed by atoms with Crippen LogP contribution in [0.25, 0.3) is 0 Å². The van der Waals surface area contributed by atoms with Crippen LogP contribution in [0, 0.1) is 0 Å². The second-order valence-electron chi connectivity index (χ2n) is 4.71. The highest BCUT2D eigenvalue weighted by molar-refractivity contribution is 5.87. The first-order chi connectivity index (χ1) is 10.5. The van der Waals surface area contributed by atoms with E-state index in [0.29, 0.717) is 5.56 Å². The largest absolute Gasteiger partial charge is 0.423 e. The van der Waals surface area contributed by atoms with E-state index in [9.17, 15) is 9.90 Å². The van der Waals surface area contributed by atoms with Crippen LogP contribution in [-0.2, 0) is 24.8 Å². The van der Waals surface area contributed by atoms with Crippen LogP contribution in [-0.4, -0.2) is 49.2 Å². The van der Waals surface area contributed by atoms with Crippen molar-refractivity contribution >= 4 is 5.97 Å². The maximum Gasteiger partial charge on any atom is 0.335 e. The lowest BCUT2D eigenvalue weighted by atomic mass is 10.1. The number of hydrogen-bond acceptors (Lipinski definition) is 6. The normalized spacial score (nSPS) is 13.4. The molecule has 0 radical (unpaired) electrons. The summed E-state index contributed by atoms with van der Waals surface area (Å²) < 4.78 is 15.5. The van der Waals surface area contributed by atoms with Gasteiger partial charge in [-0.05, 0) is 6.92 Å². The molecule has 0 saturated heterocycles. The monoisotopic (exact) mass is 310 g/mol. The van der Waals surface area contributed by atoms with Crippen LogP contribution >= 0.6 is 0 Å². The molecule has 0 saturated carbocycles. The fourth-order valence-electron chi connectivity index (χ4n) is 1.61. The molecule has 0 aliphatic rings. The SMILES string of the molecule is C=C(C)C(=O)OC(O)(COCCOCCO)c1ccccc1. The van der Waals surface area contributed by atoms with Gasteiger partial charge in [0, 0.05) is 11.1 Å². The first-order valence-corrected chi connectivity index (χ1v) is 6.92. The number of carbonyl (C=O) groups excluding carboxylic acids is 1. The van der Waals surface area contributed by atoms with E-state index in [2.05, 4.69) is 6.58 Å². The standard InChI is InChI=1S/C16H22O6/c1-13(2)15(18)22-16(19,14-6-4-3-5-7-14)12-21-11-10-20-9-8-17/h3-7,17,19H,1,8-12H2,2H3. The molecule has 0 spiro atoms. The zero-order chi connectivity index (χ0) is 16.4. The Morgan fingerprint density at radius 2 is 1.82 bits per heavy atom. The first kappa shape index (κ1) is 18.3. The molecule has 0 bridgehead atoms. The van der Waals surface area contributed by atoms with Gasteiger partial charge in [0.25, 0.3) is 5.79 Å². The molecular formula is C16H22O6. The number of benzene rings is 1. The van der Waals surface area contributed by atoms with E-state index in [1.807, 2.05) is 0 Å². The predicted octanol–water partition coefficient (Wildman–Crippen LogP) is 0.976. The van der Waals surface area contributed by atoms with Gasteiger partial charge in [-0.15, -0.1) is 0 Å². The van der Waals surface area contributed by atoms with Crippen LogP contribution in [0.3, 0.4) is 0 Å². The molecule has 6 nitrogen and oxygen atoms in total. The van der Waals surface area contributed by atoms with Crippen molar-refractivity contribution in [2.45, 2.75) is 12.7 Å². The molecule has 122 valence electrons. The van der Waals surface area contributed by atoms with Crippen LogP contribution in [0.2, 0.25) is 0 Å². The Morgan fingerprint density at radius 3 is 2.41 bits per heavy atom. The molecule has 1 atom stereocenters. The van der Waals surface area contributed by atoms with Crippen molar-refractivity contribution in [1.82, 2.24) is 0 Å². The van der Waals surface area contributed by atoms with E-state index in [1.165, 1.54) is 6.92 Å². The fourth-order valence-corrected chi connectivity index (χ4v) is 1.61. The van der Waals surface area contributed by atoms with Crippen LogP contribution in [0.1, 0.15) is 12.5 Å². The lowest BCUT2D eigenvalue weighted by Gasteiger charge is -2.28. The van der Waals surface area contributed by atoms with Crippen molar-refractivity contribution in [2.75, 3.05) is 33.0 Å². The first-order valence-electron chi connectivity index (χ1n) is 6.92. The molecule has 22 heavy (non-hydrogen) atoms. The summed E-state index contributed by atoms with van der Waals surface area (Å²) in [4.78, 5) is 11.7. The summed E-state index contributed by atoms with van der Waals surface area (Å²) >= 11 is 0. The minimum Gasteiger partial charge on any atom is -0.423 e. The average Bonchev–Trinajstić information content (AvgIpc) is 2.51. The Morgan fingerprint density at radius 1 is 1.18 bits per heavy atom. The third-order valence-corrected chi connectivity index (χ3v) is 2.74. The molecule has 0 fully saturated rings. The Labute approximate surface area is 129 Å².